The summed E-state index contributed by atoms with van der Waals surface area (Å²) in [6.07, 6.45) is 0.543. The zero-order valence-corrected chi connectivity index (χ0v) is 13.9. The van der Waals surface area contributed by atoms with E-state index in [1.165, 1.54) is 7.11 Å². The van der Waals surface area contributed by atoms with Crippen LogP contribution < -0.4 is 5.73 Å². The van der Waals surface area contributed by atoms with Crippen LogP contribution in [0.25, 0.3) is 0 Å². The third kappa shape index (κ3) is 3.77. The van der Waals surface area contributed by atoms with Gasteiger partial charge in [0.05, 0.1) is 20.1 Å². The quantitative estimate of drug-likeness (QED) is 0.801. The van der Waals surface area contributed by atoms with Crippen molar-refractivity contribution >= 4 is 49.2 Å². The molecule has 17 heavy (non-hydrogen) atoms. The Hall–Kier alpha value is 0.0900. The topological polar surface area (TPSA) is 52.3 Å². The second-order valence-electron chi connectivity index (χ2n) is 4.47. The highest BCUT2D eigenvalue weighted by molar-refractivity contribution is 9.12. The highest BCUT2D eigenvalue weighted by Gasteiger charge is 2.32. The minimum Gasteiger partial charge on any atom is -0.469 e. The van der Waals surface area contributed by atoms with Crippen molar-refractivity contribution in [2.45, 2.75) is 26.3 Å². The lowest BCUT2D eigenvalue weighted by Gasteiger charge is -2.25. The Morgan fingerprint density at radius 2 is 2.18 bits per heavy atom. The van der Waals surface area contributed by atoms with Gasteiger partial charge < -0.3 is 10.5 Å². The van der Waals surface area contributed by atoms with Crippen molar-refractivity contribution in [3.05, 3.63) is 19.2 Å². The number of carbonyl (C=O) groups is 1. The molecule has 0 amide bonds. The van der Waals surface area contributed by atoms with E-state index in [4.69, 9.17) is 10.5 Å². The number of ether oxygens (including phenoxy) is 1. The average Bonchev–Trinajstić information content (AvgIpc) is 2.56. The summed E-state index contributed by atoms with van der Waals surface area (Å²) in [6, 6.07) is 1.79. The van der Waals surface area contributed by atoms with E-state index in [0.717, 1.165) is 13.1 Å². The van der Waals surface area contributed by atoms with Crippen molar-refractivity contribution in [2.24, 2.45) is 11.1 Å². The van der Waals surface area contributed by atoms with E-state index in [1.54, 1.807) is 11.3 Å². The van der Waals surface area contributed by atoms with Crippen LogP contribution in [-0.2, 0) is 9.53 Å². The molecule has 0 bridgehead atoms. The molecule has 0 aliphatic rings. The zero-order valence-electron chi connectivity index (χ0n) is 9.92. The largest absolute Gasteiger partial charge is 0.469 e. The number of nitrogens with two attached hydrogens (primary N) is 1. The molecule has 96 valence electrons. The molecule has 2 N–H and O–H groups in total. The molecular formula is C11H15Br2NO2S. The smallest absolute Gasteiger partial charge is 0.311 e. The van der Waals surface area contributed by atoms with Gasteiger partial charge in [0.2, 0.25) is 0 Å². The second-order valence-corrected chi connectivity index (χ2v) is 8.21. The van der Waals surface area contributed by atoms with Gasteiger partial charge in [0, 0.05) is 6.04 Å². The van der Waals surface area contributed by atoms with E-state index in [1.807, 2.05) is 19.9 Å². The van der Waals surface area contributed by atoms with Crippen molar-refractivity contribution in [1.82, 2.24) is 0 Å². The highest BCUT2D eigenvalue weighted by atomic mass is 79.9. The Morgan fingerprint density at radius 3 is 2.59 bits per heavy atom. The van der Waals surface area contributed by atoms with Crippen LogP contribution in [0.3, 0.4) is 0 Å². The van der Waals surface area contributed by atoms with E-state index in [0.29, 0.717) is 6.42 Å². The van der Waals surface area contributed by atoms with E-state index >= 15 is 0 Å². The maximum atomic E-state index is 11.6. The summed E-state index contributed by atoms with van der Waals surface area (Å²) in [5.41, 5.74) is 6.57. The lowest BCUT2D eigenvalue weighted by Crippen LogP contribution is -2.30. The summed E-state index contributed by atoms with van der Waals surface area (Å²) in [7, 11) is 1.40. The molecule has 0 fully saturated rings. The van der Waals surface area contributed by atoms with Crippen LogP contribution in [0.1, 0.15) is 31.9 Å². The standard InChI is InChI=1S/C11H15Br2NO2S/c1-11(2,10(15)16-3)5-7(14)6-4-8(12)17-9(6)13/h4,7H,5,14H2,1-3H3. The first-order valence-electron chi connectivity index (χ1n) is 5.06. The molecule has 0 aromatic carbocycles. The van der Waals surface area contributed by atoms with Crippen molar-refractivity contribution in [1.29, 1.82) is 0 Å². The molecule has 1 rings (SSSR count). The minimum absolute atomic E-state index is 0.193. The van der Waals surface area contributed by atoms with Gasteiger partial charge in [-0.2, -0.15) is 0 Å². The summed E-state index contributed by atoms with van der Waals surface area (Å²) in [5.74, 6) is -0.238. The van der Waals surface area contributed by atoms with Crippen molar-refractivity contribution in [2.75, 3.05) is 7.11 Å². The molecule has 0 saturated heterocycles. The summed E-state index contributed by atoms with van der Waals surface area (Å²) in [6.45, 7) is 3.68. The minimum atomic E-state index is -0.581. The first-order valence-corrected chi connectivity index (χ1v) is 7.47. The number of rotatable bonds is 4. The van der Waals surface area contributed by atoms with Gasteiger partial charge in [-0.3, -0.25) is 4.79 Å². The van der Waals surface area contributed by atoms with Gasteiger partial charge in [0.1, 0.15) is 0 Å². The maximum absolute atomic E-state index is 11.6. The van der Waals surface area contributed by atoms with Gasteiger partial charge in [-0.05, 0) is 63.8 Å². The monoisotopic (exact) mass is 383 g/mol. The van der Waals surface area contributed by atoms with Gasteiger partial charge in [-0.15, -0.1) is 11.3 Å². The van der Waals surface area contributed by atoms with Crippen LogP contribution in [0.5, 0.6) is 0 Å². The molecule has 1 atom stereocenters. The van der Waals surface area contributed by atoms with Gasteiger partial charge in [-0.1, -0.05) is 0 Å². The number of esters is 1. The number of hydrogen-bond donors (Lipinski definition) is 1. The number of methoxy groups -OCH3 is 1. The average molecular weight is 385 g/mol. The molecule has 0 saturated carbocycles. The van der Waals surface area contributed by atoms with Gasteiger partial charge >= 0.3 is 5.97 Å². The molecule has 0 aliphatic heterocycles. The number of hydrogen-bond acceptors (Lipinski definition) is 4. The van der Waals surface area contributed by atoms with Crippen LogP contribution >= 0.6 is 43.2 Å². The Bertz CT molecular complexity index is 418. The third-order valence-electron chi connectivity index (χ3n) is 2.55. The van der Waals surface area contributed by atoms with E-state index in [9.17, 15) is 4.79 Å². The van der Waals surface area contributed by atoms with Crippen molar-refractivity contribution in [3.8, 4) is 0 Å². The lowest BCUT2D eigenvalue weighted by atomic mass is 9.84. The first-order chi connectivity index (χ1) is 7.77. The number of carbonyl (C=O) groups excluding carboxylic acids is 1. The molecule has 1 heterocycles. The molecule has 0 aliphatic carbocycles. The molecule has 1 aromatic rings. The van der Waals surface area contributed by atoms with Crippen molar-refractivity contribution < 1.29 is 9.53 Å². The Balaban J connectivity index is 2.82. The molecule has 6 heteroatoms. The second kappa shape index (κ2) is 5.82. The third-order valence-corrected chi connectivity index (χ3v) is 4.94. The van der Waals surface area contributed by atoms with Crippen LogP contribution in [0.4, 0.5) is 0 Å². The molecule has 0 spiro atoms. The molecule has 3 nitrogen and oxygen atoms in total. The predicted molar refractivity (Wildman–Crippen MR) is 77.1 cm³/mol. The van der Waals surface area contributed by atoms with Crippen LogP contribution in [0.2, 0.25) is 0 Å². The fourth-order valence-corrected chi connectivity index (χ4v) is 4.63. The zero-order chi connectivity index (χ0) is 13.2. The Labute approximate surface area is 122 Å². The predicted octanol–water partition coefficient (Wildman–Crippen LogP) is 3.86. The number of thiophene rings is 1. The van der Waals surface area contributed by atoms with Crippen LogP contribution in [0, 0.1) is 5.41 Å². The van der Waals surface area contributed by atoms with Gasteiger partial charge in [-0.25, -0.2) is 0 Å². The normalized spacial score (nSPS) is 13.5. The van der Waals surface area contributed by atoms with E-state index < -0.39 is 5.41 Å². The van der Waals surface area contributed by atoms with Crippen molar-refractivity contribution in [3.63, 3.8) is 0 Å². The molecule has 1 aromatic heterocycles. The Morgan fingerprint density at radius 1 is 1.59 bits per heavy atom. The summed E-state index contributed by atoms with van der Waals surface area (Å²) < 4.78 is 6.79. The highest BCUT2D eigenvalue weighted by Crippen LogP contribution is 2.38. The molecular weight excluding hydrogens is 370 g/mol. The SMILES string of the molecule is COC(=O)C(C)(C)CC(N)c1cc(Br)sc1Br. The fraction of sp³-hybridized carbons (Fsp3) is 0.545. The van der Waals surface area contributed by atoms with E-state index in [-0.39, 0.29) is 12.0 Å². The number of halogens is 2. The summed E-state index contributed by atoms with van der Waals surface area (Å²) in [5, 5.41) is 0. The van der Waals surface area contributed by atoms with E-state index in [2.05, 4.69) is 31.9 Å². The van der Waals surface area contributed by atoms with Gasteiger partial charge in [0.15, 0.2) is 0 Å². The van der Waals surface area contributed by atoms with Crippen LogP contribution in [-0.4, -0.2) is 13.1 Å². The first kappa shape index (κ1) is 15.1. The summed E-state index contributed by atoms with van der Waals surface area (Å²) >= 11 is 8.46. The fourth-order valence-electron chi connectivity index (χ4n) is 1.63. The van der Waals surface area contributed by atoms with Gasteiger partial charge in [0.25, 0.3) is 0 Å². The Kier molecular flexibility index (Phi) is 5.19. The van der Waals surface area contributed by atoms with Crippen LogP contribution in [0.15, 0.2) is 13.6 Å². The molecule has 1 unspecified atom stereocenters. The summed E-state index contributed by atoms with van der Waals surface area (Å²) in [4.78, 5) is 11.6. The maximum Gasteiger partial charge on any atom is 0.311 e. The molecule has 0 radical (unpaired) electrons. The lowest BCUT2D eigenvalue weighted by molar-refractivity contribution is -0.151.